The normalized spacial score (nSPS) is 14.1. The molecule has 3 heterocycles. The van der Waals surface area contributed by atoms with Gasteiger partial charge in [-0.25, -0.2) is 9.78 Å². The van der Waals surface area contributed by atoms with Crippen LogP contribution in [0.1, 0.15) is 5.56 Å². The molecule has 0 radical (unpaired) electrons. The summed E-state index contributed by atoms with van der Waals surface area (Å²) < 4.78 is 42.2. The Kier molecular flexibility index (Phi) is 3.85. The topological polar surface area (TPSA) is 103 Å². The van der Waals surface area contributed by atoms with Gasteiger partial charge >= 0.3 is 12.1 Å². The zero-order valence-electron chi connectivity index (χ0n) is 15.3. The summed E-state index contributed by atoms with van der Waals surface area (Å²) in [6.45, 7) is 1.75. The van der Waals surface area contributed by atoms with Crippen LogP contribution >= 0.6 is 0 Å². The van der Waals surface area contributed by atoms with E-state index in [4.69, 9.17) is 4.42 Å². The third-order valence-electron chi connectivity index (χ3n) is 4.35. The van der Waals surface area contributed by atoms with Crippen LogP contribution in [0.4, 0.5) is 26.2 Å². The first-order valence-electron chi connectivity index (χ1n) is 8.77. The predicted octanol–water partition coefficient (Wildman–Crippen LogP) is 3.63. The highest BCUT2D eigenvalue weighted by molar-refractivity contribution is 5.74. The Morgan fingerprint density at radius 3 is 2.80 bits per heavy atom. The third-order valence-corrected chi connectivity index (χ3v) is 4.35. The molecule has 0 fully saturated rings. The van der Waals surface area contributed by atoms with Crippen LogP contribution in [0.3, 0.4) is 0 Å². The molecule has 1 aliphatic heterocycles. The summed E-state index contributed by atoms with van der Waals surface area (Å²) >= 11 is 0. The van der Waals surface area contributed by atoms with Crippen LogP contribution in [0.5, 0.6) is 11.5 Å². The monoisotopic (exact) mass is 413 g/mol. The van der Waals surface area contributed by atoms with Gasteiger partial charge in [-0.15, -0.1) is 8.78 Å². The standard InChI is InChI=1S/C19H13F2N5O4/c1-10-9-22-17(23-11-5-4-8-14-15(11)30-19(20,21)29-14)24-16(10)25-26-12-6-2-3-7-13(12)28-18(26)27/h2-9H,1H3,(H2,22,23,24,25). The first-order valence-corrected chi connectivity index (χ1v) is 8.77. The fraction of sp³-hybridized carbons (Fsp3) is 0.105. The van der Waals surface area contributed by atoms with Crippen molar-refractivity contribution in [3.63, 3.8) is 0 Å². The number of hydrogen-bond acceptors (Lipinski definition) is 8. The van der Waals surface area contributed by atoms with E-state index in [-0.39, 0.29) is 23.1 Å². The van der Waals surface area contributed by atoms with Crippen molar-refractivity contribution in [2.75, 3.05) is 10.7 Å². The summed E-state index contributed by atoms with van der Waals surface area (Å²) in [5.74, 6) is -0.463. The summed E-state index contributed by atoms with van der Waals surface area (Å²) in [6.07, 6.45) is -2.23. The second-order valence-electron chi connectivity index (χ2n) is 6.43. The molecule has 9 nitrogen and oxygen atoms in total. The van der Waals surface area contributed by atoms with Crippen LogP contribution < -0.4 is 26.0 Å². The number of oxazole rings is 1. The highest BCUT2D eigenvalue weighted by Crippen LogP contribution is 2.46. The predicted molar refractivity (Wildman–Crippen MR) is 102 cm³/mol. The van der Waals surface area contributed by atoms with Gasteiger partial charge in [-0.05, 0) is 31.2 Å². The molecule has 0 amide bonds. The molecule has 0 saturated heterocycles. The van der Waals surface area contributed by atoms with Gasteiger partial charge in [0.1, 0.15) is 5.52 Å². The molecular formula is C19H13F2N5O4. The lowest BCUT2D eigenvalue weighted by Crippen LogP contribution is -2.26. The van der Waals surface area contributed by atoms with Gasteiger partial charge in [0.05, 0.1) is 5.69 Å². The molecular weight excluding hydrogens is 400 g/mol. The molecule has 2 aromatic heterocycles. The maximum absolute atomic E-state index is 13.4. The SMILES string of the molecule is Cc1cnc(Nc2cccc3c2OC(F)(F)O3)nc1Nn1c(=O)oc2ccccc21. The highest BCUT2D eigenvalue weighted by Gasteiger charge is 2.44. The Hall–Kier alpha value is -4.15. The van der Waals surface area contributed by atoms with E-state index in [2.05, 4.69) is 30.2 Å². The van der Waals surface area contributed by atoms with Crippen molar-refractivity contribution in [1.29, 1.82) is 0 Å². The number of ether oxygens (including phenoxy) is 2. The van der Waals surface area contributed by atoms with Crippen molar-refractivity contribution in [2.45, 2.75) is 13.2 Å². The Morgan fingerprint density at radius 2 is 1.93 bits per heavy atom. The molecule has 152 valence electrons. The van der Waals surface area contributed by atoms with E-state index in [1.54, 1.807) is 31.2 Å². The van der Waals surface area contributed by atoms with Crippen molar-refractivity contribution in [3.8, 4) is 11.5 Å². The average molecular weight is 413 g/mol. The molecule has 0 saturated carbocycles. The van der Waals surface area contributed by atoms with Crippen molar-refractivity contribution in [3.05, 3.63) is 64.8 Å². The minimum absolute atomic E-state index is 0.0937. The summed E-state index contributed by atoms with van der Waals surface area (Å²) in [7, 11) is 0. The minimum atomic E-state index is -3.75. The van der Waals surface area contributed by atoms with E-state index in [9.17, 15) is 13.6 Å². The van der Waals surface area contributed by atoms with E-state index >= 15 is 0 Å². The van der Waals surface area contributed by atoms with Gasteiger partial charge in [-0.2, -0.15) is 9.66 Å². The van der Waals surface area contributed by atoms with Gasteiger partial charge in [-0.3, -0.25) is 5.43 Å². The first-order chi connectivity index (χ1) is 14.4. The molecule has 0 bridgehead atoms. The van der Waals surface area contributed by atoms with Crippen molar-refractivity contribution in [2.24, 2.45) is 0 Å². The second-order valence-corrected chi connectivity index (χ2v) is 6.43. The van der Waals surface area contributed by atoms with E-state index in [1.165, 1.54) is 29.1 Å². The van der Waals surface area contributed by atoms with Crippen molar-refractivity contribution < 1.29 is 22.7 Å². The Bertz CT molecular complexity index is 1330. The summed E-state index contributed by atoms with van der Waals surface area (Å²) in [5, 5.41) is 2.83. The Labute approximate surface area is 166 Å². The Balaban J connectivity index is 1.48. The second kappa shape index (κ2) is 6.44. The van der Waals surface area contributed by atoms with Crippen LogP contribution in [0.2, 0.25) is 0 Å². The van der Waals surface area contributed by atoms with E-state index in [0.717, 1.165) is 0 Å². The molecule has 0 aliphatic carbocycles. The van der Waals surface area contributed by atoms with Gasteiger partial charge < -0.3 is 19.2 Å². The van der Waals surface area contributed by atoms with Crippen LogP contribution in [-0.4, -0.2) is 20.9 Å². The van der Waals surface area contributed by atoms with Gasteiger partial charge in [0.25, 0.3) is 0 Å². The maximum atomic E-state index is 13.4. The van der Waals surface area contributed by atoms with Crippen molar-refractivity contribution in [1.82, 2.24) is 14.6 Å². The minimum Gasteiger partial charge on any atom is -0.406 e. The Morgan fingerprint density at radius 1 is 1.10 bits per heavy atom. The van der Waals surface area contributed by atoms with E-state index in [1.807, 2.05) is 0 Å². The summed E-state index contributed by atoms with van der Waals surface area (Å²) in [5.41, 5.74) is 4.68. The number of hydrogen-bond donors (Lipinski definition) is 2. The lowest BCUT2D eigenvalue weighted by Gasteiger charge is -2.12. The fourth-order valence-electron chi connectivity index (χ4n) is 2.98. The van der Waals surface area contributed by atoms with Gasteiger partial charge in [0.15, 0.2) is 22.9 Å². The third kappa shape index (κ3) is 3.05. The molecule has 0 spiro atoms. The summed E-state index contributed by atoms with van der Waals surface area (Å²) in [4.78, 5) is 20.7. The number of rotatable bonds is 4. The molecule has 2 N–H and O–H groups in total. The molecule has 5 rings (SSSR count). The summed E-state index contributed by atoms with van der Waals surface area (Å²) in [6, 6.07) is 11.3. The number of nitrogens with one attached hydrogen (secondary N) is 2. The van der Waals surface area contributed by atoms with Crippen LogP contribution in [0.15, 0.2) is 57.9 Å². The largest absolute Gasteiger partial charge is 0.586 e. The molecule has 30 heavy (non-hydrogen) atoms. The molecule has 1 aliphatic rings. The molecule has 0 unspecified atom stereocenters. The number of alkyl halides is 2. The van der Waals surface area contributed by atoms with Crippen molar-refractivity contribution >= 4 is 28.6 Å². The number of anilines is 3. The number of aromatic nitrogens is 3. The zero-order chi connectivity index (χ0) is 20.9. The van der Waals surface area contributed by atoms with Crippen LogP contribution in [-0.2, 0) is 0 Å². The average Bonchev–Trinajstić information content (AvgIpc) is 3.20. The van der Waals surface area contributed by atoms with Gasteiger partial charge in [0.2, 0.25) is 5.95 Å². The molecule has 0 atom stereocenters. The van der Waals surface area contributed by atoms with Gasteiger partial charge in [-0.1, -0.05) is 18.2 Å². The molecule has 11 heteroatoms. The lowest BCUT2D eigenvalue weighted by atomic mass is 10.2. The fourth-order valence-corrected chi connectivity index (χ4v) is 2.98. The smallest absolute Gasteiger partial charge is 0.406 e. The van der Waals surface area contributed by atoms with Crippen LogP contribution in [0, 0.1) is 6.92 Å². The lowest BCUT2D eigenvalue weighted by molar-refractivity contribution is -0.286. The first kappa shape index (κ1) is 17.9. The maximum Gasteiger partial charge on any atom is 0.586 e. The number of nitrogens with zero attached hydrogens (tertiary/aromatic N) is 3. The quantitative estimate of drug-likeness (QED) is 0.523. The molecule has 4 aromatic rings. The van der Waals surface area contributed by atoms with Crippen LogP contribution in [0.25, 0.3) is 11.1 Å². The zero-order valence-corrected chi connectivity index (χ0v) is 15.3. The number of benzene rings is 2. The number of aryl methyl sites for hydroxylation is 1. The number of fused-ring (bicyclic) bond motifs is 2. The molecule has 2 aromatic carbocycles. The van der Waals surface area contributed by atoms with E-state index in [0.29, 0.717) is 22.5 Å². The van der Waals surface area contributed by atoms with Gasteiger partial charge in [0, 0.05) is 11.8 Å². The number of halogens is 2. The number of para-hydroxylation sites is 3. The highest BCUT2D eigenvalue weighted by atomic mass is 19.3. The van der Waals surface area contributed by atoms with E-state index < -0.39 is 12.1 Å².